The highest BCUT2D eigenvalue weighted by atomic mass is 16.2. The van der Waals surface area contributed by atoms with E-state index in [2.05, 4.69) is 5.32 Å². The predicted octanol–water partition coefficient (Wildman–Crippen LogP) is 3.37. The number of anilines is 2. The molecule has 2 amide bonds. The predicted molar refractivity (Wildman–Crippen MR) is 102 cm³/mol. The van der Waals surface area contributed by atoms with Crippen molar-refractivity contribution in [1.29, 1.82) is 0 Å². The van der Waals surface area contributed by atoms with Crippen LogP contribution in [0.15, 0.2) is 48.5 Å². The zero-order valence-corrected chi connectivity index (χ0v) is 15.2. The minimum Gasteiger partial charge on any atom is -0.378 e. The average Bonchev–Trinajstić information content (AvgIpc) is 2.59. The van der Waals surface area contributed by atoms with E-state index in [-0.39, 0.29) is 11.8 Å². The zero-order chi connectivity index (χ0) is 18.4. The molecule has 0 saturated carbocycles. The number of carbonyl (C=O) groups excluding carboxylic acids is 2. The summed E-state index contributed by atoms with van der Waals surface area (Å²) in [5.74, 6) is -0.204. The molecule has 0 radical (unpaired) electrons. The van der Waals surface area contributed by atoms with Gasteiger partial charge in [-0.25, -0.2) is 0 Å². The van der Waals surface area contributed by atoms with E-state index in [1.165, 1.54) is 6.92 Å². The molecule has 25 heavy (non-hydrogen) atoms. The van der Waals surface area contributed by atoms with Gasteiger partial charge < -0.3 is 15.1 Å². The first kappa shape index (κ1) is 18.5. The number of nitrogens with one attached hydrogen (secondary N) is 1. The number of rotatable bonds is 6. The van der Waals surface area contributed by atoms with Gasteiger partial charge in [0, 0.05) is 51.0 Å². The van der Waals surface area contributed by atoms with Gasteiger partial charge in [-0.2, -0.15) is 0 Å². The van der Waals surface area contributed by atoms with Crippen molar-refractivity contribution in [2.75, 3.05) is 30.9 Å². The van der Waals surface area contributed by atoms with Crippen LogP contribution in [0.3, 0.4) is 0 Å². The summed E-state index contributed by atoms with van der Waals surface area (Å²) in [5.41, 5.74) is 3.41. The molecule has 0 aliphatic heterocycles. The highest BCUT2D eigenvalue weighted by Crippen LogP contribution is 2.17. The molecular weight excluding hydrogens is 314 g/mol. The van der Waals surface area contributed by atoms with E-state index in [9.17, 15) is 9.59 Å². The largest absolute Gasteiger partial charge is 0.378 e. The van der Waals surface area contributed by atoms with E-state index in [1.54, 1.807) is 29.2 Å². The standard InChI is InChI=1S/C20H25N3O2/c1-5-23(14-16-9-11-19(12-10-16)22(3)4)20(25)17-7-6-8-18(13-17)21-15(2)24/h6-13H,5,14H2,1-4H3,(H,21,24). The molecule has 0 atom stereocenters. The van der Waals surface area contributed by atoms with E-state index in [4.69, 9.17) is 0 Å². The maximum absolute atomic E-state index is 12.8. The van der Waals surface area contributed by atoms with Crippen LogP contribution in [0.1, 0.15) is 29.8 Å². The van der Waals surface area contributed by atoms with Gasteiger partial charge in [0.05, 0.1) is 0 Å². The van der Waals surface area contributed by atoms with Gasteiger partial charge >= 0.3 is 0 Å². The molecule has 0 heterocycles. The number of benzene rings is 2. The Balaban J connectivity index is 2.14. The Hall–Kier alpha value is -2.82. The summed E-state index contributed by atoms with van der Waals surface area (Å²) in [5, 5.41) is 2.71. The topological polar surface area (TPSA) is 52.6 Å². The maximum Gasteiger partial charge on any atom is 0.254 e. The fraction of sp³-hybridized carbons (Fsp3) is 0.300. The molecule has 1 N–H and O–H groups in total. The van der Waals surface area contributed by atoms with Crippen molar-refractivity contribution in [3.05, 3.63) is 59.7 Å². The molecule has 0 aromatic heterocycles. The molecule has 0 saturated heterocycles. The van der Waals surface area contributed by atoms with Gasteiger partial charge in [-0.05, 0) is 42.8 Å². The first-order valence-electron chi connectivity index (χ1n) is 8.34. The van der Waals surface area contributed by atoms with Gasteiger partial charge in [0.1, 0.15) is 0 Å². The molecule has 0 unspecified atom stereocenters. The molecule has 132 valence electrons. The Kier molecular flexibility index (Phi) is 6.17. The zero-order valence-electron chi connectivity index (χ0n) is 15.2. The molecule has 0 aliphatic carbocycles. The van der Waals surface area contributed by atoms with Crippen LogP contribution >= 0.6 is 0 Å². The second-order valence-electron chi connectivity index (χ2n) is 6.14. The quantitative estimate of drug-likeness (QED) is 0.878. The third-order valence-corrected chi connectivity index (χ3v) is 3.92. The Morgan fingerprint density at radius 2 is 1.72 bits per heavy atom. The SMILES string of the molecule is CCN(Cc1ccc(N(C)C)cc1)C(=O)c1cccc(NC(C)=O)c1. The lowest BCUT2D eigenvalue weighted by atomic mass is 10.1. The third kappa shape index (κ3) is 5.08. The van der Waals surface area contributed by atoms with Crippen molar-refractivity contribution >= 4 is 23.2 Å². The first-order chi connectivity index (χ1) is 11.9. The van der Waals surface area contributed by atoms with Gasteiger partial charge in [-0.1, -0.05) is 18.2 Å². The van der Waals surface area contributed by atoms with Crippen LogP contribution in [0.5, 0.6) is 0 Å². The van der Waals surface area contributed by atoms with Gasteiger partial charge in [-0.3, -0.25) is 9.59 Å². The summed E-state index contributed by atoms with van der Waals surface area (Å²) in [6.45, 7) is 4.57. The van der Waals surface area contributed by atoms with Gasteiger partial charge in [0.25, 0.3) is 5.91 Å². The minimum atomic E-state index is -0.155. The van der Waals surface area contributed by atoms with E-state index >= 15 is 0 Å². The van der Waals surface area contributed by atoms with Crippen LogP contribution < -0.4 is 10.2 Å². The Labute approximate surface area is 149 Å². The summed E-state index contributed by atoms with van der Waals surface area (Å²) in [4.78, 5) is 27.8. The second-order valence-corrected chi connectivity index (χ2v) is 6.14. The highest BCUT2D eigenvalue weighted by molar-refractivity contribution is 5.96. The monoisotopic (exact) mass is 339 g/mol. The third-order valence-electron chi connectivity index (χ3n) is 3.92. The number of nitrogens with zero attached hydrogens (tertiary/aromatic N) is 2. The summed E-state index contributed by atoms with van der Waals surface area (Å²) >= 11 is 0. The van der Waals surface area contributed by atoms with E-state index in [1.807, 2.05) is 50.2 Å². The van der Waals surface area contributed by atoms with Crippen LogP contribution in [0.2, 0.25) is 0 Å². The summed E-state index contributed by atoms with van der Waals surface area (Å²) in [6.07, 6.45) is 0. The molecule has 2 aromatic carbocycles. The lowest BCUT2D eigenvalue weighted by Crippen LogP contribution is -2.30. The fourth-order valence-corrected chi connectivity index (χ4v) is 2.56. The lowest BCUT2D eigenvalue weighted by molar-refractivity contribution is -0.114. The van der Waals surface area contributed by atoms with Crippen LogP contribution in [0.25, 0.3) is 0 Å². The smallest absolute Gasteiger partial charge is 0.254 e. The Bertz CT molecular complexity index is 739. The Morgan fingerprint density at radius 3 is 2.28 bits per heavy atom. The van der Waals surface area contributed by atoms with Crippen molar-refractivity contribution < 1.29 is 9.59 Å². The molecule has 0 bridgehead atoms. The van der Waals surface area contributed by atoms with Crippen LogP contribution in [-0.2, 0) is 11.3 Å². The molecule has 5 heteroatoms. The average molecular weight is 339 g/mol. The molecule has 2 aromatic rings. The molecule has 5 nitrogen and oxygen atoms in total. The van der Waals surface area contributed by atoms with Crippen LogP contribution in [0, 0.1) is 0 Å². The van der Waals surface area contributed by atoms with Crippen molar-refractivity contribution in [1.82, 2.24) is 4.90 Å². The first-order valence-corrected chi connectivity index (χ1v) is 8.34. The van der Waals surface area contributed by atoms with Crippen LogP contribution in [-0.4, -0.2) is 37.4 Å². The summed E-state index contributed by atoms with van der Waals surface area (Å²) in [6, 6.07) is 15.2. The number of hydrogen-bond acceptors (Lipinski definition) is 3. The lowest BCUT2D eigenvalue weighted by Gasteiger charge is -2.22. The number of hydrogen-bond donors (Lipinski definition) is 1. The summed E-state index contributed by atoms with van der Waals surface area (Å²) in [7, 11) is 4.00. The van der Waals surface area contributed by atoms with E-state index in [0.29, 0.717) is 24.3 Å². The van der Waals surface area contributed by atoms with Crippen LogP contribution in [0.4, 0.5) is 11.4 Å². The number of amides is 2. The van der Waals surface area contributed by atoms with Crippen molar-refractivity contribution in [2.24, 2.45) is 0 Å². The van der Waals surface area contributed by atoms with E-state index in [0.717, 1.165) is 11.3 Å². The number of carbonyl (C=O) groups is 2. The molecule has 0 aliphatic rings. The normalized spacial score (nSPS) is 10.2. The molecule has 0 spiro atoms. The summed E-state index contributed by atoms with van der Waals surface area (Å²) < 4.78 is 0. The molecule has 2 rings (SSSR count). The fourth-order valence-electron chi connectivity index (χ4n) is 2.56. The van der Waals surface area contributed by atoms with Gasteiger partial charge in [0.2, 0.25) is 5.91 Å². The molecular formula is C20H25N3O2. The van der Waals surface area contributed by atoms with Gasteiger partial charge in [-0.15, -0.1) is 0 Å². The van der Waals surface area contributed by atoms with E-state index < -0.39 is 0 Å². The van der Waals surface area contributed by atoms with Crippen molar-refractivity contribution in [3.63, 3.8) is 0 Å². The highest BCUT2D eigenvalue weighted by Gasteiger charge is 2.15. The van der Waals surface area contributed by atoms with Gasteiger partial charge in [0.15, 0.2) is 0 Å². The minimum absolute atomic E-state index is 0.0496. The Morgan fingerprint density at radius 1 is 1.04 bits per heavy atom. The van der Waals surface area contributed by atoms with Crippen molar-refractivity contribution in [2.45, 2.75) is 20.4 Å². The maximum atomic E-state index is 12.8. The second kappa shape index (κ2) is 8.33. The molecule has 0 fully saturated rings. The van der Waals surface area contributed by atoms with Crippen molar-refractivity contribution in [3.8, 4) is 0 Å².